The van der Waals surface area contributed by atoms with E-state index in [2.05, 4.69) is 0 Å². The summed E-state index contributed by atoms with van der Waals surface area (Å²) in [5.41, 5.74) is 1.91. The number of nitro groups is 1. The Balaban J connectivity index is 1.47. The third-order valence-corrected chi connectivity index (χ3v) is 6.77. The van der Waals surface area contributed by atoms with Crippen LogP contribution >= 0.6 is 11.8 Å². The zero-order chi connectivity index (χ0) is 28.1. The van der Waals surface area contributed by atoms with Crippen molar-refractivity contribution in [3.63, 3.8) is 0 Å². The first-order valence-electron chi connectivity index (χ1n) is 11.9. The van der Waals surface area contributed by atoms with E-state index in [0.717, 1.165) is 11.8 Å². The maximum atomic E-state index is 13.5. The minimum absolute atomic E-state index is 0.0154. The van der Waals surface area contributed by atoms with Crippen LogP contribution in [-0.4, -0.2) is 23.1 Å². The number of aliphatic imine (C=N–C) groups is 1. The fraction of sp³-hybridized carbons (Fsp3) is 0.0333. The summed E-state index contributed by atoms with van der Waals surface area (Å²) in [6.45, 7) is 0. The number of nitro benzene ring substituents is 1. The number of ether oxygens (including phenoxy) is 2. The maximum absolute atomic E-state index is 13.5. The van der Waals surface area contributed by atoms with Gasteiger partial charge in [-0.05, 0) is 65.9 Å². The third kappa shape index (κ3) is 5.55. The molecule has 40 heavy (non-hydrogen) atoms. The fourth-order valence-corrected chi connectivity index (χ4v) is 4.90. The summed E-state index contributed by atoms with van der Waals surface area (Å²) < 4.78 is 11.4. The van der Waals surface area contributed by atoms with E-state index in [-0.39, 0.29) is 22.9 Å². The Morgan fingerprint density at radius 2 is 1.65 bits per heavy atom. The Morgan fingerprint density at radius 3 is 2.33 bits per heavy atom. The number of hydrogen-bond donors (Lipinski definition) is 0. The van der Waals surface area contributed by atoms with Gasteiger partial charge in [0.2, 0.25) is 0 Å². The molecule has 196 valence electrons. The van der Waals surface area contributed by atoms with Gasteiger partial charge in [0, 0.05) is 12.1 Å². The highest BCUT2D eigenvalue weighted by atomic mass is 32.2. The SMILES string of the molecule is COc1cc(/C=C2\SC(=Nc3ccccc3)N(c3ccccc3)C2=O)ccc1Oc1ccc([N+](=O)[O-])cc1C#N. The van der Waals surface area contributed by atoms with Crippen LogP contribution in [0.2, 0.25) is 0 Å². The molecular formula is C30H20N4O5S. The molecule has 0 N–H and O–H groups in total. The van der Waals surface area contributed by atoms with Gasteiger partial charge in [-0.25, -0.2) is 4.99 Å². The Morgan fingerprint density at radius 1 is 0.950 bits per heavy atom. The van der Waals surface area contributed by atoms with Crippen molar-refractivity contribution >= 4 is 46.0 Å². The molecule has 0 radical (unpaired) electrons. The molecule has 0 aliphatic carbocycles. The van der Waals surface area contributed by atoms with Crippen molar-refractivity contribution in [1.82, 2.24) is 0 Å². The third-order valence-electron chi connectivity index (χ3n) is 5.80. The first kappa shape index (κ1) is 26.2. The lowest BCUT2D eigenvalue weighted by Gasteiger charge is -2.15. The Kier molecular flexibility index (Phi) is 7.57. The number of carbonyl (C=O) groups is 1. The maximum Gasteiger partial charge on any atom is 0.271 e. The molecule has 1 aliphatic rings. The number of non-ortho nitro benzene ring substituents is 1. The molecule has 0 bridgehead atoms. The second-order valence-corrected chi connectivity index (χ2v) is 9.39. The Labute approximate surface area is 233 Å². The first-order chi connectivity index (χ1) is 19.5. The average Bonchev–Trinajstić information content (AvgIpc) is 3.28. The van der Waals surface area contributed by atoms with Gasteiger partial charge >= 0.3 is 0 Å². The summed E-state index contributed by atoms with van der Waals surface area (Å²) in [6.07, 6.45) is 1.75. The monoisotopic (exact) mass is 548 g/mol. The normalized spacial score (nSPS) is 14.8. The van der Waals surface area contributed by atoms with Crippen molar-refractivity contribution in [2.24, 2.45) is 4.99 Å². The van der Waals surface area contributed by atoms with Gasteiger partial charge in [-0.3, -0.25) is 19.8 Å². The summed E-state index contributed by atoms with van der Waals surface area (Å²) >= 11 is 1.26. The lowest BCUT2D eigenvalue weighted by molar-refractivity contribution is -0.384. The lowest BCUT2D eigenvalue weighted by atomic mass is 10.1. The molecule has 0 unspecified atom stereocenters. The minimum atomic E-state index is -0.579. The van der Waals surface area contributed by atoms with Gasteiger partial charge < -0.3 is 9.47 Å². The second-order valence-electron chi connectivity index (χ2n) is 8.38. The number of nitrogens with zero attached hydrogens (tertiary/aromatic N) is 4. The molecule has 1 amide bonds. The molecule has 1 fully saturated rings. The zero-order valence-electron chi connectivity index (χ0n) is 21.1. The van der Waals surface area contributed by atoms with Crippen LogP contribution in [0.4, 0.5) is 17.1 Å². The summed E-state index contributed by atoms with van der Waals surface area (Å²) in [5.74, 6) is 0.594. The van der Waals surface area contributed by atoms with Crippen LogP contribution in [0.15, 0.2) is 107 Å². The van der Waals surface area contributed by atoms with Gasteiger partial charge in [-0.15, -0.1) is 0 Å². The van der Waals surface area contributed by atoms with Crippen LogP contribution in [0.3, 0.4) is 0 Å². The van der Waals surface area contributed by atoms with E-state index < -0.39 is 4.92 Å². The molecule has 0 aromatic heterocycles. The van der Waals surface area contributed by atoms with E-state index >= 15 is 0 Å². The number of carbonyl (C=O) groups excluding carboxylic acids is 1. The number of rotatable bonds is 7. The van der Waals surface area contributed by atoms with Crippen molar-refractivity contribution in [2.45, 2.75) is 0 Å². The summed E-state index contributed by atoms with van der Waals surface area (Å²) in [5, 5.41) is 21.0. The molecule has 9 nitrogen and oxygen atoms in total. The van der Waals surface area contributed by atoms with Crippen molar-refractivity contribution in [3.05, 3.63) is 123 Å². The van der Waals surface area contributed by atoms with Gasteiger partial charge in [0.25, 0.3) is 11.6 Å². The number of nitriles is 1. The van der Waals surface area contributed by atoms with E-state index in [1.165, 1.54) is 31.0 Å². The van der Waals surface area contributed by atoms with Crippen LogP contribution in [-0.2, 0) is 4.79 Å². The molecule has 4 aromatic carbocycles. The van der Waals surface area contributed by atoms with Crippen molar-refractivity contribution < 1.29 is 19.2 Å². The molecule has 1 heterocycles. The number of thioether (sulfide) groups is 1. The molecule has 10 heteroatoms. The number of amides is 1. The first-order valence-corrected chi connectivity index (χ1v) is 12.8. The van der Waals surface area contributed by atoms with Crippen LogP contribution in [0, 0.1) is 21.4 Å². The van der Waals surface area contributed by atoms with E-state index in [4.69, 9.17) is 14.5 Å². The van der Waals surface area contributed by atoms with Crippen LogP contribution < -0.4 is 14.4 Å². The molecule has 5 rings (SSSR count). The highest BCUT2D eigenvalue weighted by Crippen LogP contribution is 2.39. The molecular weight excluding hydrogens is 528 g/mol. The number of hydrogen-bond acceptors (Lipinski definition) is 8. The summed E-state index contributed by atoms with van der Waals surface area (Å²) in [4.78, 5) is 30.8. The molecule has 0 saturated carbocycles. The number of para-hydroxylation sites is 2. The standard InChI is InChI=1S/C30H20N4O5S/c1-38-27-16-20(12-14-26(27)39-25-15-13-24(34(36)37)18-21(25)19-31)17-28-29(35)33(23-10-6-3-7-11-23)30(40-28)32-22-8-4-2-5-9-22/h2-18H,1H3/b28-17-,32-30?. The Hall–Kier alpha value is -5.40. The van der Waals surface area contributed by atoms with E-state index in [0.29, 0.717) is 32.8 Å². The number of methoxy groups -OCH3 is 1. The quantitative estimate of drug-likeness (QED) is 0.138. The Bertz CT molecular complexity index is 1700. The van der Waals surface area contributed by atoms with Crippen molar-refractivity contribution in [3.8, 4) is 23.3 Å². The second kappa shape index (κ2) is 11.6. The van der Waals surface area contributed by atoms with Crippen LogP contribution in [0.25, 0.3) is 6.08 Å². The highest BCUT2D eigenvalue weighted by Gasteiger charge is 2.34. The number of benzene rings is 4. The molecule has 1 aliphatic heterocycles. The zero-order valence-corrected chi connectivity index (χ0v) is 21.9. The lowest BCUT2D eigenvalue weighted by Crippen LogP contribution is -2.28. The van der Waals surface area contributed by atoms with Crippen molar-refractivity contribution in [1.29, 1.82) is 5.26 Å². The predicted octanol–water partition coefficient (Wildman–Crippen LogP) is 7.08. The number of amidine groups is 1. The van der Waals surface area contributed by atoms with Gasteiger partial charge in [0.1, 0.15) is 17.4 Å². The topological polar surface area (TPSA) is 118 Å². The molecule has 0 atom stereocenters. The van der Waals surface area contributed by atoms with E-state index in [1.807, 2.05) is 66.7 Å². The summed E-state index contributed by atoms with van der Waals surface area (Å²) in [7, 11) is 1.47. The smallest absolute Gasteiger partial charge is 0.271 e. The summed E-state index contributed by atoms with van der Waals surface area (Å²) in [6, 6.07) is 29.5. The molecule has 0 spiro atoms. The molecule has 1 saturated heterocycles. The van der Waals surface area contributed by atoms with Gasteiger partial charge in [0.15, 0.2) is 16.7 Å². The molecule has 4 aromatic rings. The van der Waals surface area contributed by atoms with Crippen molar-refractivity contribution in [2.75, 3.05) is 12.0 Å². The van der Waals surface area contributed by atoms with Gasteiger partial charge in [-0.1, -0.05) is 42.5 Å². The highest BCUT2D eigenvalue weighted by molar-refractivity contribution is 8.19. The van der Waals surface area contributed by atoms with Gasteiger partial charge in [0.05, 0.1) is 28.3 Å². The largest absolute Gasteiger partial charge is 0.493 e. The van der Waals surface area contributed by atoms with E-state index in [1.54, 1.807) is 29.2 Å². The van der Waals surface area contributed by atoms with Crippen LogP contribution in [0.1, 0.15) is 11.1 Å². The number of anilines is 1. The van der Waals surface area contributed by atoms with Gasteiger partial charge in [-0.2, -0.15) is 5.26 Å². The minimum Gasteiger partial charge on any atom is -0.493 e. The average molecular weight is 549 g/mol. The predicted molar refractivity (Wildman–Crippen MR) is 154 cm³/mol. The fourth-order valence-electron chi connectivity index (χ4n) is 3.90. The van der Waals surface area contributed by atoms with Crippen LogP contribution in [0.5, 0.6) is 17.2 Å². The van der Waals surface area contributed by atoms with E-state index in [9.17, 15) is 20.2 Å².